The Morgan fingerprint density at radius 1 is 1.33 bits per heavy atom. The Kier molecular flexibility index (Phi) is 2.08. The summed E-state index contributed by atoms with van der Waals surface area (Å²) in [6.45, 7) is 1.61. The molecule has 0 saturated heterocycles. The number of hydrogen-bond acceptors (Lipinski definition) is 3. The third kappa shape index (κ3) is 1.75. The second-order valence-corrected chi connectivity index (χ2v) is 3.78. The van der Waals surface area contributed by atoms with E-state index in [0.29, 0.717) is 5.56 Å². The zero-order valence-corrected chi connectivity index (χ0v) is 7.13. The standard InChI is InChI=1S/C7H7O4S/c1-5-2-3-6(4-7(5)8)12(9,10)11/h2-4,8H,1H3. The molecule has 0 spiro atoms. The molecular weight excluding hydrogens is 180 g/mol. The van der Waals surface area contributed by atoms with Crippen LogP contribution in [0.3, 0.4) is 0 Å². The molecule has 0 atom stereocenters. The molecule has 0 aliphatic carbocycles. The van der Waals surface area contributed by atoms with Crippen LogP contribution in [-0.2, 0) is 14.7 Å². The van der Waals surface area contributed by atoms with Crippen molar-refractivity contribution in [3.05, 3.63) is 23.8 Å². The molecule has 0 aliphatic heterocycles. The normalized spacial score (nSPS) is 11.5. The summed E-state index contributed by atoms with van der Waals surface area (Å²) in [5.41, 5.74) is 0.530. The molecule has 0 aliphatic rings. The van der Waals surface area contributed by atoms with Crippen molar-refractivity contribution in [1.82, 2.24) is 0 Å². The fourth-order valence-corrected chi connectivity index (χ4v) is 1.24. The van der Waals surface area contributed by atoms with Crippen molar-refractivity contribution in [2.75, 3.05) is 0 Å². The first-order valence-corrected chi connectivity index (χ1v) is 4.57. The topological polar surface area (TPSA) is 74.3 Å². The first kappa shape index (κ1) is 9.02. The quantitative estimate of drug-likeness (QED) is 0.707. The van der Waals surface area contributed by atoms with E-state index in [0.717, 1.165) is 12.1 Å². The van der Waals surface area contributed by atoms with Crippen LogP contribution in [0.2, 0.25) is 0 Å². The number of phenolic OH excluding ortho intramolecular Hbond substituents is 1. The fourth-order valence-electron chi connectivity index (χ4n) is 0.745. The molecule has 12 heavy (non-hydrogen) atoms. The van der Waals surface area contributed by atoms with Gasteiger partial charge in [0, 0.05) is 6.07 Å². The molecule has 0 aromatic heterocycles. The third-order valence-corrected chi connectivity index (χ3v) is 2.30. The average molecular weight is 187 g/mol. The summed E-state index contributed by atoms with van der Waals surface area (Å²) < 4.78 is 31.3. The maximum Gasteiger partial charge on any atom is 0.324 e. The van der Waals surface area contributed by atoms with E-state index in [2.05, 4.69) is 0 Å². The van der Waals surface area contributed by atoms with Crippen molar-refractivity contribution >= 4 is 10.1 Å². The molecule has 0 saturated carbocycles. The Hall–Kier alpha value is -1.07. The molecule has 1 radical (unpaired) electrons. The van der Waals surface area contributed by atoms with Crippen LogP contribution in [0.1, 0.15) is 5.56 Å². The number of aromatic hydroxyl groups is 1. The lowest BCUT2D eigenvalue weighted by molar-refractivity contribution is 0.412. The number of rotatable bonds is 1. The Morgan fingerprint density at radius 3 is 2.33 bits per heavy atom. The summed E-state index contributed by atoms with van der Waals surface area (Å²) >= 11 is 0. The van der Waals surface area contributed by atoms with Gasteiger partial charge in [0.25, 0.3) is 0 Å². The van der Waals surface area contributed by atoms with E-state index in [4.69, 9.17) is 5.11 Å². The summed E-state index contributed by atoms with van der Waals surface area (Å²) in [6, 6.07) is 3.48. The van der Waals surface area contributed by atoms with E-state index in [1.807, 2.05) is 0 Å². The summed E-state index contributed by atoms with van der Waals surface area (Å²) in [5.74, 6) is -0.188. The van der Waals surface area contributed by atoms with Crippen molar-refractivity contribution in [1.29, 1.82) is 0 Å². The SMILES string of the molecule is Cc1ccc(S([O])(=O)=O)cc1O. The lowest BCUT2D eigenvalue weighted by Crippen LogP contribution is -1.95. The molecule has 1 rings (SSSR count). The van der Waals surface area contributed by atoms with Gasteiger partial charge >= 0.3 is 10.1 Å². The fraction of sp³-hybridized carbons (Fsp3) is 0.143. The molecule has 1 N–H and O–H groups in total. The highest BCUT2D eigenvalue weighted by Crippen LogP contribution is 2.20. The summed E-state index contributed by atoms with van der Waals surface area (Å²) in [4.78, 5) is -0.411. The van der Waals surface area contributed by atoms with Gasteiger partial charge in [-0.15, -0.1) is 0 Å². The maximum atomic E-state index is 10.4. The largest absolute Gasteiger partial charge is 0.508 e. The van der Waals surface area contributed by atoms with Gasteiger partial charge in [-0.1, -0.05) is 10.6 Å². The van der Waals surface area contributed by atoms with Gasteiger partial charge < -0.3 is 5.11 Å². The van der Waals surface area contributed by atoms with Gasteiger partial charge in [0.15, 0.2) is 0 Å². The van der Waals surface area contributed by atoms with Crippen molar-refractivity contribution in [3.8, 4) is 5.75 Å². The van der Waals surface area contributed by atoms with E-state index in [1.165, 1.54) is 6.07 Å². The van der Waals surface area contributed by atoms with Crippen molar-refractivity contribution in [2.24, 2.45) is 0 Å². The van der Waals surface area contributed by atoms with Gasteiger partial charge in [-0.05, 0) is 18.6 Å². The van der Waals surface area contributed by atoms with E-state index in [1.54, 1.807) is 6.92 Å². The van der Waals surface area contributed by atoms with E-state index < -0.39 is 15.0 Å². The van der Waals surface area contributed by atoms with Crippen LogP contribution in [0.4, 0.5) is 0 Å². The van der Waals surface area contributed by atoms with E-state index in [9.17, 15) is 13.0 Å². The van der Waals surface area contributed by atoms with Crippen LogP contribution in [0.25, 0.3) is 0 Å². The highest BCUT2D eigenvalue weighted by Gasteiger charge is 2.12. The summed E-state index contributed by atoms with van der Waals surface area (Å²) in [6.07, 6.45) is 0. The van der Waals surface area contributed by atoms with Crippen molar-refractivity contribution in [2.45, 2.75) is 11.8 Å². The molecule has 0 heterocycles. The van der Waals surface area contributed by atoms with E-state index in [-0.39, 0.29) is 5.75 Å². The first-order chi connectivity index (χ1) is 5.41. The molecule has 4 nitrogen and oxygen atoms in total. The van der Waals surface area contributed by atoms with Gasteiger partial charge in [0.1, 0.15) is 10.6 Å². The second-order valence-electron chi connectivity index (χ2n) is 2.40. The minimum atomic E-state index is -4.45. The summed E-state index contributed by atoms with van der Waals surface area (Å²) in [5, 5.41) is 9.06. The van der Waals surface area contributed by atoms with E-state index >= 15 is 0 Å². The lowest BCUT2D eigenvalue weighted by Gasteiger charge is -1.99. The average Bonchev–Trinajstić information content (AvgIpc) is 1.92. The Bertz CT molecular complexity index is 394. The van der Waals surface area contributed by atoms with Crippen LogP contribution in [0, 0.1) is 6.92 Å². The third-order valence-electron chi connectivity index (χ3n) is 1.47. The number of hydrogen-bond donors (Lipinski definition) is 1. The molecule has 1 aromatic rings. The lowest BCUT2D eigenvalue weighted by atomic mass is 10.2. The first-order valence-electron chi connectivity index (χ1n) is 3.17. The minimum absolute atomic E-state index is 0.188. The highest BCUT2D eigenvalue weighted by atomic mass is 32.2. The Labute approximate surface area is 70.2 Å². The van der Waals surface area contributed by atoms with Gasteiger partial charge in [0.2, 0.25) is 0 Å². The molecule has 0 fully saturated rings. The van der Waals surface area contributed by atoms with Crippen LogP contribution in [0.15, 0.2) is 23.1 Å². The summed E-state index contributed by atoms with van der Waals surface area (Å²) in [7, 11) is -4.45. The zero-order chi connectivity index (χ0) is 9.35. The van der Waals surface area contributed by atoms with Crippen LogP contribution < -0.4 is 0 Å². The maximum absolute atomic E-state index is 10.4. The molecule has 0 bridgehead atoms. The predicted octanol–water partition coefficient (Wildman–Crippen LogP) is 0.820. The minimum Gasteiger partial charge on any atom is -0.508 e. The van der Waals surface area contributed by atoms with Crippen LogP contribution >= 0.6 is 0 Å². The van der Waals surface area contributed by atoms with Crippen molar-refractivity contribution < 1.29 is 18.1 Å². The van der Waals surface area contributed by atoms with Gasteiger partial charge in [-0.2, -0.15) is 8.42 Å². The number of aryl methyl sites for hydroxylation is 1. The molecule has 5 heteroatoms. The molecular formula is C7H7O4S. The zero-order valence-electron chi connectivity index (χ0n) is 6.31. The monoisotopic (exact) mass is 187 g/mol. The molecule has 0 amide bonds. The predicted molar refractivity (Wildman–Crippen MR) is 40.7 cm³/mol. The van der Waals surface area contributed by atoms with Crippen LogP contribution in [-0.4, -0.2) is 13.5 Å². The molecule has 65 valence electrons. The van der Waals surface area contributed by atoms with Crippen molar-refractivity contribution in [3.63, 3.8) is 0 Å². The van der Waals surface area contributed by atoms with Gasteiger partial charge in [0.05, 0.1) is 0 Å². The highest BCUT2D eigenvalue weighted by molar-refractivity contribution is 7.85. The smallest absolute Gasteiger partial charge is 0.324 e. The van der Waals surface area contributed by atoms with Gasteiger partial charge in [-0.3, -0.25) is 0 Å². The second kappa shape index (κ2) is 2.76. The van der Waals surface area contributed by atoms with Gasteiger partial charge in [-0.25, -0.2) is 0 Å². The van der Waals surface area contributed by atoms with Crippen LogP contribution in [0.5, 0.6) is 5.75 Å². The Balaban J connectivity index is 3.33. The number of benzene rings is 1. The molecule has 0 unspecified atom stereocenters. The number of phenols is 1. The molecule has 1 aromatic carbocycles. The Morgan fingerprint density at radius 2 is 1.92 bits per heavy atom.